The first-order valence-electron chi connectivity index (χ1n) is 6.15. The van der Waals surface area contributed by atoms with Crippen LogP contribution in [-0.2, 0) is 0 Å². The summed E-state index contributed by atoms with van der Waals surface area (Å²) in [6, 6.07) is 3.28. The Labute approximate surface area is 116 Å². The highest BCUT2D eigenvalue weighted by Gasteiger charge is 2.19. The molecule has 6 nitrogen and oxygen atoms in total. The number of methoxy groups -OCH3 is 1. The van der Waals surface area contributed by atoms with Gasteiger partial charge in [0.05, 0.1) is 18.7 Å². The van der Waals surface area contributed by atoms with Crippen molar-refractivity contribution in [1.82, 2.24) is 5.32 Å². The molecule has 0 heterocycles. The number of hydrogen-bond acceptors (Lipinski definition) is 4. The van der Waals surface area contributed by atoms with Crippen LogP contribution >= 0.6 is 0 Å². The minimum atomic E-state index is -0.698. The number of nitrogens with one attached hydrogen (secondary N) is 1. The fourth-order valence-electron chi connectivity index (χ4n) is 1.70. The summed E-state index contributed by atoms with van der Waals surface area (Å²) in [7, 11) is 1.41. The van der Waals surface area contributed by atoms with Crippen molar-refractivity contribution in [3.8, 4) is 5.75 Å². The van der Waals surface area contributed by atoms with Gasteiger partial charge in [0, 0.05) is 6.07 Å². The number of benzene rings is 1. The van der Waals surface area contributed by atoms with Gasteiger partial charge in [0.25, 0.3) is 5.91 Å². The second kappa shape index (κ2) is 7.32. The summed E-state index contributed by atoms with van der Waals surface area (Å²) in [5, 5.41) is 14.1. The van der Waals surface area contributed by atoms with E-state index in [1.807, 2.05) is 6.92 Å². The topological polar surface area (TPSA) is 96.9 Å². The molecule has 7 heteroatoms. The maximum absolute atomic E-state index is 13.8. The molecular weight excluding hydrogens is 265 g/mol. The van der Waals surface area contributed by atoms with Crippen LogP contribution in [0.25, 0.3) is 0 Å². The molecule has 1 amide bonds. The van der Waals surface area contributed by atoms with Gasteiger partial charge in [-0.15, -0.1) is 0 Å². The molecule has 1 unspecified atom stereocenters. The van der Waals surface area contributed by atoms with Crippen LogP contribution < -0.4 is 15.8 Å². The highest BCUT2D eigenvalue weighted by atomic mass is 19.1. The van der Waals surface area contributed by atoms with Crippen molar-refractivity contribution in [2.75, 3.05) is 7.11 Å². The Kier molecular flexibility index (Phi) is 5.76. The fraction of sp³-hybridized carbons (Fsp3) is 0.385. The summed E-state index contributed by atoms with van der Waals surface area (Å²) in [5.41, 5.74) is 5.36. The number of carbonyl (C=O) groups is 1. The number of rotatable bonds is 6. The van der Waals surface area contributed by atoms with Gasteiger partial charge >= 0.3 is 0 Å². The Morgan fingerprint density at radius 1 is 1.60 bits per heavy atom. The van der Waals surface area contributed by atoms with Gasteiger partial charge in [0.2, 0.25) is 0 Å². The van der Waals surface area contributed by atoms with Gasteiger partial charge in [-0.2, -0.15) is 0 Å². The molecule has 1 aromatic carbocycles. The van der Waals surface area contributed by atoms with Crippen LogP contribution in [0.1, 0.15) is 30.1 Å². The van der Waals surface area contributed by atoms with E-state index in [1.165, 1.54) is 19.2 Å². The van der Waals surface area contributed by atoms with E-state index in [0.29, 0.717) is 18.6 Å². The monoisotopic (exact) mass is 283 g/mol. The number of ether oxygens (including phenoxy) is 1. The number of halogens is 1. The van der Waals surface area contributed by atoms with E-state index >= 15 is 0 Å². The molecule has 110 valence electrons. The van der Waals surface area contributed by atoms with Gasteiger partial charge in [-0.05, 0) is 18.6 Å². The zero-order valence-corrected chi connectivity index (χ0v) is 11.4. The number of oxime groups is 1. The van der Waals surface area contributed by atoms with Crippen LogP contribution in [0.5, 0.6) is 5.75 Å². The highest BCUT2D eigenvalue weighted by molar-refractivity contribution is 5.98. The number of nitrogens with zero attached hydrogens (tertiary/aromatic N) is 1. The first kappa shape index (κ1) is 15.7. The summed E-state index contributed by atoms with van der Waals surface area (Å²) >= 11 is 0. The molecule has 1 atom stereocenters. The largest absolute Gasteiger partial charge is 0.497 e. The Morgan fingerprint density at radius 3 is 2.80 bits per heavy atom. The minimum absolute atomic E-state index is 0.117. The summed E-state index contributed by atoms with van der Waals surface area (Å²) in [5.74, 6) is -1.12. The SMILES string of the molecule is CCCC(NC(=O)c1ccc(OC)cc1F)/C(N)=N/O. The van der Waals surface area contributed by atoms with E-state index in [-0.39, 0.29) is 11.4 Å². The van der Waals surface area contributed by atoms with Crippen molar-refractivity contribution < 1.29 is 19.1 Å². The predicted octanol–water partition coefficient (Wildman–Crippen LogP) is 1.48. The van der Waals surface area contributed by atoms with Gasteiger partial charge in [-0.1, -0.05) is 18.5 Å². The van der Waals surface area contributed by atoms with Crippen molar-refractivity contribution in [3.63, 3.8) is 0 Å². The zero-order chi connectivity index (χ0) is 15.1. The normalized spacial score (nSPS) is 12.8. The van der Waals surface area contributed by atoms with Gasteiger partial charge in [0.1, 0.15) is 11.6 Å². The molecular formula is C13H18FN3O3. The number of nitrogens with two attached hydrogens (primary N) is 1. The molecule has 0 spiro atoms. The molecule has 0 radical (unpaired) electrons. The van der Waals surface area contributed by atoms with Crippen molar-refractivity contribution in [2.24, 2.45) is 10.9 Å². The predicted molar refractivity (Wildman–Crippen MR) is 72.5 cm³/mol. The van der Waals surface area contributed by atoms with E-state index in [9.17, 15) is 9.18 Å². The first-order valence-corrected chi connectivity index (χ1v) is 6.15. The third-order valence-electron chi connectivity index (χ3n) is 2.78. The number of carbonyl (C=O) groups excluding carboxylic acids is 1. The van der Waals surface area contributed by atoms with E-state index in [4.69, 9.17) is 15.7 Å². The molecule has 20 heavy (non-hydrogen) atoms. The van der Waals surface area contributed by atoms with Crippen LogP contribution in [0.15, 0.2) is 23.4 Å². The highest BCUT2D eigenvalue weighted by Crippen LogP contribution is 2.16. The Morgan fingerprint density at radius 2 is 2.30 bits per heavy atom. The second-order valence-electron chi connectivity index (χ2n) is 4.19. The summed E-state index contributed by atoms with van der Waals surface area (Å²) in [4.78, 5) is 12.0. The number of hydrogen-bond donors (Lipinski definition) is 3. The average Bonchev–Trinajstić information content (AvgIpc) is 2.45. The molecule has 0 aromatic heterocycles. The second-order valence-corrected chi connectivity index (χ2v) is 4.19. The molecule has 0 aliphatic rings. The third-order valence-corrected chi connectivity index (χ3v) is 2.78. The van der Waals surface area contributed by atoms with E-state index in [0.717, 1.165) is 6.07 Å². The Bertz CT molecular complexity index is 506. The van der Waals surface area contributed by atoms with Crippen LogP contribution in [0.4, 0.5) is 4.39 Å². The minimum Gasteiger partial charge on any atom is -0.497 e. The molecule has 0 aliphatic heterocycles. The molecule has 0 aliphatic carbocycles. The fourth-order valence-corrected chi connectivity index (χ4v) is 1.70. The molecule has 0 saturated heterocycles. The first-order chi connectivity index (χ1) is 9.53. The average molecular weight is 283 g/mol. The number of amides is 1. The van der Waals surface area contributed by atoms with Crippen molar-refractivity contribution >= 4 is 11.7 Å². The lowest BCUT2D eigenvalue weighted by atomic mass is 10.1. The van der Waals surface area contributed by atoms with Crippen LogP contribution in [-0.4, -0.2) is 30.1 Å². The third kappa shape index (κ3) is 3.84. The van der Waals surface area contributed by atoms with Crippen LogP contribution in [0, 0.1) is 5.82 Å². The summed E-state index contributed by atoms with van der Waals surface area (Å²) in [6.45, 7) is 1.89. The lowest BCUT2D eigenvalue weighted by Gasteiger charge is -2.16. The lowest BCUT2D eigenvalue weighted by molar-refractivity contribution is 0.0940. The van der Waals surface area contributed by atoms with Crippen molar-refractivity contribution in [3.05, 3.63) is 29.6 Å². The van der Waals surface area contributed by atoms with Crippen molar-refractivity contribution in [1.29, 1.82) is 0 Å². The Hall–Kier alpha value is -2.31. The molecule has 1 rings (SSSR count). The quantitative estimate of drug-likeness (QED) is 0.319. The van der Waals surface area contributed by atoms with Gasteiger partial charge in [-0.3, -0.25) is 4.79 Å². The van der Waals surface area contributed by atoms with Gasteiger partial charge in [0.15, 0.2) is 5.84 Å². The van der Waals surface area contributed by atoms with E-state index in [1.54, 1.807) is 0 Å². The molecule has 0 fully saturated rings. The lowest BCUT2D eigenvalue weighted by Crippen LogP contribution is -2.44. The van der Waals surface area contributed by atoms with Crippen molar-refractivity contribution in [2.45, 2.75) is 25.8 Å². The molecule has 4 N–H and O–H groups in total. The Balaban J connectivity index is 2.89. The molecule has 0 saturated carbocycles. The van der Waals surface area contributed by atoms with E-state index < -0.39 is 17.8 Å². The zero-order valence-electron chi connectivity index (χ0n) is 11.4. The summed E-state index contributed by atoms with van der Waals surface area (Å²) in [6.07, 6.45) is 1.20. The molecule has 0 bridgehead atoms. The van der Waals surface area contributed by atoms with Gasteiger partial charge < -0.3 is 21.0 Å². The van der Waals surface area contributed by atoms with E-state index in [2.05, 4.69) is 10.5 Å². The molecule has 1 aromatic rings. The van der Waals surface area contributed by atoms with Crippen LogP contribution in [0.3, 0.4) is 0 Å². The summed E-state index contributed by atoms with van der Waals surface area (Å²) < 4.78 is 18.6. The number of amidine groups is 1. The standard InChI is InChI=1S/C13H18FN3O3/c1-3-4-11(12(15)17-19)16-13(18)9-6-5-8(20-2)7-10(9)14/h5-7,11,19H,3-4H2,1-2H3,(H2,15,17)(H,16,18). The smallest absolute Gasteiger partial charge is 0.254 e. The van der Waals surface area contributed by atoms with Gasteiger partial charge in [-0.25, -0.2) is 4.39 Å². The maximum Gasteiger partial charge on any atom is 0.254 e. The van der Waals surface area contributed by atoms with Crippen LogP contribution in [0.2, 0.25) is 0 Å². The maximum atomic E-state index is 13.8.